The number of rotatable bonds is 8. The smallest absolute Gasteiger partial charge is 0.191 e. The lowest BCUT2D eigenvalue weighted by Crippen LogP contribution is -2.47. The van der Waals surface area contributed by atoms with E-state index in [1.807, 2.05) is 30.3 Å². The number of nitrogens with one attached hydrogen (secondary N) is 2. The van der Waals surface area contributed by atoms with Crippen molar-refractivity contribution < 1.29 is 13.2 Å². The van der Waals surface area contributed by atoms with Gasteiger partial charge in [0.2, 0.25) is 0 Å². The Morgan fingerprint density at radius 2 is 1.87 bits per heavy atom. The lowest BCUT2D eigenvalue weighted by atomic mass is 10.2. The first-order valence-electron chi connectivity index (χ1n) is 7.58. The fourth-order valence-corrected chi connectivity index (χ4v) is 1.97. The molecule has 0 amide bonds. The molecule has 1 aromatic rings. The molecule has 2 N–H and O–H groups in total. The summed E-state index contributed by atoms with van der Waals surface area (Å²) in [7, 11) is -1.48. The van der Waals surface area contributed by atoms with Gasteiger partial charge in [-0.1, -0.05) is 18.2 Å². The second-order valence-corrected chi connectivity index (χ2v) is 8.55. The summed E-state index contributed by atoms with van der Waals surface area (Å²) in [5.41, 5.74) is 0. The van der Waals surface area contributed by atoms with Crippen LogP contribution in [0.4, 0.5) is 0 Å². The van der Waals surface area contributed by atoms with Crippen molar-refractivity contribution in [2.75, 3.05) is 33.0 Å². The summed E-state index contributed by atoms with van der Waals surface area (Å²) >= 11 is 0. The van der Waals surface area contributed by atoms with Gasteiger partial charge in [-0.3, -0.25) is 4.99 Å². The highest BCUT2D eigenvalue weighted by molar-refractivity contribution is 7.92. The first-order valence-corrected chi connectivity index (χ1v) is 9.47. The maximum atomic E-state index is 11.7. The van der Waals surface area contributed by atoms with Crippen LogP contribution in [-0.2, 0) is 9.84 Å². The monoisotopic (exact) mass is 341 g/mol. The molecule has 0 aliphatic carbocycles. The third-order valence-electron chi connectivity index (χ3n) is 3.53. The van der Waals surface area contributed by atoms with E-state index in [1.165, 1.54) is 6.26 Å². The van der Waals surface area contributed by atoms with Gasteiger partial charge in [-0.25, -0.2) is 8.42 Å². The van der Waals surface area contributed by atoms with Gasteiger partial charge in [0.05, 0.1) is 11.4 Å². The molecule has 0 fully saturated rings. The number of benzene rings is 1. The number of ether oxygens (including phenoxy) is 1. The molecule has 0 radical (unpaired) electrons. The lowest BCUT2D eigenvalue weighted by Gasteiger charge is -2.24. The van der Waals surface area contributed by atoms with Gasteiger partial charge in [-0.2, -0.15) is 0 Å². The standard InChI is InChI=1S/C16H27N3O3S/c1-16(2,23(4,20)21)13-19-15(17-3)18-11-8-12-22-14-9-6-5-7-10-14/h5-7,9-10H,8,11-13H2,1-4H3,(H2,17,18,19). The molecule has 0 spiro atoms. The summed E-state index contributed by atoms with van der Waals surface area (Å²) < 4.78 is 28.1. The van der Waals surface area contributed by atoms with Crippen LogP contribution in [-0.4, -0.2) is 52.1 Å². The Morgan fingerprint density at radius 3 is 2.43 bits per heavy atom. The molecule has 0 unspecified atom stereocenters. The number of sulfone groups is 1. The van der Waals surface area contributed by atoms with Crippen LogP contribution < -0.4 is 15.4 Å². The average molecular weight is 341 g/mol. The average Bonchev–Trinajstić information content (AvgIpc) is 2.50. The molecule has 6 nitrogen and oxygen atoms in total. The van der Waals surface area contributed by atoms with Crippen LogP contribution in [0.25, 0.3) is 0 Å². The van der Waals surface area contributed by atoms with Crippen molar-refractivity contribution in [1.29, 1.82) is 0 Å². The van der Waals surface area contributed by atoms with Gasteiger partial charge in [-0.05, 0) is 32.4 Å². The van der Waals surface area contributed by atoms with Crippen LogP contribution in [0.5, 0.6) is 5.75 Å². The van der Waals surface area contributed by atoms with E-state index < -0.39 is 14.6 Å². The molecular weight excluding hydrogens is 314 g/mol. The predicted octanol–water partition coefficient (Wildman–Crippen LogP) is 1.44. The zero-order chi connectivity index (χ0) is 17.3. The van der Waals surface area contributed by atoms with E-state index in [0.29, 0.717) is 25.7 Å². The van der Waals surface area contributed by atoms with Crippen molar-refractivity contribution >= 4 is 15.8 Å². The fourth-order valence-electron chi connectivity index (χ4n) is 1.63. The Labute approximate surface area is 139 Å². The first-order chi connectivity index (χ1) is 10.8. The highest BCUT2D eigenvalue weighted by Crippen LogP contribution is 2.13. The maximum absolute atomic E-state index is 11.7. The molecule has 0 atom stereocenters. The van der Waals surface area contributed by atoms with Gasteiger partial charge in [0.15, 0.2) is 15.8 Å². The Morgan fingerprint density at radius 1 is 1.22 bits per heavy atom. The van der Waals surface area contributed by atoms with Gasteiger partial charge >= 0.3 is 0 Å². The van der Waals surface area contributed by atoms with E-state index in [1.54, 1.807) is 20.9 Å². The summed E-state index contributed by atoms with van der Waals surface area (Å²) in [5.74, 6) is 1.44. The molecule has 1 rings (SSSR count). The number of aliphatic imine (C=N–C) groups is 1. The SMILES string of the molecule is CN=C(NCCCOc1ccccc1)NCC(C)(C)S(C)(=O)=O. The first kappa shape index (κ1) is 19.3. The van der Waals surface area contributed by atoms with Gasteiger partial charge in [0.1, 0.15) is 5.75 Å². The van der Waals surface area contributed by atoms with Gasteiger partial charge in [0, 0.05) is 26.4 Å². The van der Waals surface area contributed by atoms with E-state index in [-0.39, 0.29) is 0 Å². The fraction of sp³-hybridized carbons (Fsp3) is 0.562. The Hall–Kier alpha value is -1.76. The Bertz CT molecular complexity index is 598. The summed E-state index contributed by atoms with van der Waals surface area (Å²) in [6.07, 6.45) is 2.05. The Kier molecular flexibility index (Phi) is 7.35. The number of para-hydroxylation sites is 1. The van der Waals surface area contributed by atoms with Gasteiger partial charge < -0.3 is 15.4 Å². The molecule has 0 aliphatic rings. The van der Waals surface area contributed by atoms with E-state index >= 15 is 0 Å². The van der Waals surface area contributed by atoms with Crippen molar-refractivity contribution in [2.24, 2.45) is 4.99 Å². The van der Waals surface area contributed by atoms with Crippen molar-refractivity contribution in [3.05, 3.63) is 30.3 Å². The molecule has 0 saturated heterocycles. The second-order valence-electron chi connectivity index (χ2n) is 5.90. The largest absolute Gasteiger partial charge is 0.494 e. The summed E-state index contributed by atoms with van der Waals surface area (Å²) in [4.78, 5) is 4.09. The minimum absolute atomic E-state index is 0.298. The van der Waals surface area contributed by atoms with Crippen molar-refractivity contribution in [3.63, 3.8) is 0 Å². The number of hydrogen-bond donors (Lipinski definition) is 2. The van der Waals surface area contributed by atoms with Crippen molar-refractivity contribution in [1.82, 2.24) is 10.6 Å². The topological polar surface area (TPSA) is 79.8 Å². The quantitative estimate of drug-likeness (QED) is 0.425. The normalized spacial score (nSPS) is 12.8. The molecule has 130 valence electrons. The van der Waals surface area contributed by atoms with E-state index in [2.05, 4.69) is 15.6 Å². The zero-order valence-corrected chi connectivity index (χ0v) is 15.1. The summed E-state index contributed by atoms with van der Waals surface area (Å²) in [6, 6.07) is 9.65. The molecular formula is C16H27N3O3S. The summed E-state index contributed by atoms with van der Waals surface area (Å²) in [5, 5.41) is 6.19. The number of hydrogen-bond acceptors (Lipinski definition) is 4. The summed E-state index contributed by atoms with van der Waals surface area (Å²) in [6.45, 7) is 4.97. The van der Waals surface area contributed by atoms with Gasteiger partial charge in [-0.15, -0.1) is 0 Å². The highest BCUT2D eigenvalue weighted by Gasteiger charge is 2.30. The predicted molar refractivity (Wildman–Crippen MR) is 94.8 cm³/mol. The Balaban J connectivity index is 2.27. The second kappa shape index (κ2) is 8.76. The zero-order valence-electron chi connectivity index (χ0n) is 14.3. The van der Waals surface area contributed by atoms with Crippen molar-refractivity contribution in [2.45, 2.75) is 25.0 Å². The molecule has 0 saturated carbocycles. The molecule has 0 heterocycles. The highest BCUT2D eigenvalue weighted by atomic mass is 32.2. The van der Waals surface area contributed by atoms with E-state index in [0.717, 1.165) is 12.2 Å². The van der Waals surface area contributed by atoms with Crippen LogP contribution in [0.2, 0.25) is 0 Å². The molecule has 0 aliphatic heterocycles. The molecule has 1 aromatic carbocycles. The van der Waals surface area contributed by atoms with E-state index in [9.17, 15) is 8.42 Å². The van der Waals surface area contributed by atoms with Crippen LogP contribution in [0.15, 0.2) is 35.3 Å². The minimum atomic E-state index is -3.13. The van der Waals surface area contributed by atoms with Crippen molar-refractivity contribution in [3.8, 4) is 5.75 Å². The maximum Gasteiger partial charge on any atom is 0.191 e. The molecule has 7 heteroatoms. The van der Waals surface area contributed by atoms with Crippen LogP contribution >= 0.6 is 0 Å². The van der Waals surface area contributed by atoms with Crippen LogP contribution in [0.1, 0.15) is 20.3 Å². The molecule has 0 aromatic heterocycles. The molecule has 23 heavy (non-hydrogen) atoms. The lowest BCUT2D eigenvalue weighted by molar-refractivity contribution is 0.311. The third kappa shape index (κ3) is 6.90. The molecule has 0 bridgehead atoms. The van der Waals surface area contributed by atoms with Crippen LogP contribution in [0, 0.1) is 0 Å². The van der Waals surface area contributed by atoms with Gasteiger partial charge in [0.25, 0.3) is 0 Å². The third-order valence-corrected chi connectivity index (χ3v) is 5.69. The number of nitrogens with zero attached hydrogens (tertiary/aromatic N) is 1. The van der Waals surface area contributed by atoms with E-state index in [4.69, 9.17) is 4.74 Å². The minimum Gasteiger partial charge on any atom is -0.494 e. The number of guanidine groups is 1. The van der Waals surface area contributed by atoms with Crippen LogP contribution in [0.3, 0.4) is 0 Å².